The van der Waals surface area contributed by atoms with Gasteiger partial charge in [-0.15, -0.1) is 0 Å². The van der Waals surface area contributed by atoms with Gasteiger partial charge in [-0.2, -0.15) is 0 Å². The van der Waals surface area contributed by atoms with Crippen molar-refractivity contribution < 1.29 is 0 Å². The monoisotopic (exact) mass is 304 g/mol. The Bertz CT molecular complexity index is 510. The van der Waals surface area contributed by atoms with Crippen molar-refractivity contribution in [2.24, 2.45) is 0 Å². The number of aromatic nitrogens is 2. The maximum absolute atomic E-state index is 4.33. The van der Waals surface area contributed by atoms with E-state index in [1.807, 2.05) is 0 Å². The van der Waals surface area contributed by atoms with Gasteiger partial charge < -0.3 is 4.98 Å². The van der Waals surface area contributed by atoms with E-state index in [1.165, 1.54) is 43.2 Å². The number of nitrogens with zero attached hydrogens (tertiary/aromatic N) is 1. The molecule has 3 heteroatoms. The summed E-state index contributed by atoms with van der Waals surface area (Å²) in [6.07, 6.45) is 8.61. The molecule has 1 aliphatic rings. The smallest absolute Gasteiger partial charge is 0.110 e. The van der Waals surface area contributed by atoms with E-state index in [-0.39, 0.29) is 0 Å². The molecule has 3 rings (SSSR count). The Labute approximate surface area is 116 Å². The summed E-state index contributed by atoms with van der Waals surface area (Å²) in [5.74, 6) is 0.774. The molecule has 18 heavy (non-hydrogen) atoms. The second-order valence-electron chi connectivity index (χ2n) is 5.02. The van der Waals surface area contributed by atoms with E-state index in [4.69, 9.17) is 0 Å². The molecule has 1 aliphatic carbocycles. The Morgan fingerprint density at radius 1 is 1.06 bits per heavy atom. The largest absolute Gasteiger partial charge is 0.339 e. The van der Waals surface area contributed by atoms with Gasteiger partial charge in [0.15, 0.2) is 0 Å². The standard InChI is InChI=1S/C15H17BrN2/c16-15-14(17-10-18-15)13-8-6-12(7-9-13)11-4-2-1-3-5-11/h6-11H,1-5H2,(H,17,18). The average Bonchev–Trinajstić information content (AvgIpc) is 2.86. The third-order valence-electron chi connectivity index (χ3n) is 3.85. The van der Waals surface area contributed by atoms with Crippen molar-refractivity contribution in [3.05, 3.63) is 40.8 Å². The number of halogens is 1. The molecule has 0 amide bonds. The summed E-state index contributed by atoms with van der Waals surface area (Å²) in [4.78, 5) is 7.38. The molecular formula is C15H17BrN2. The molecule has 0 spiro atoms. The lowest BCUT2D eigenvalue weighted by Crippen LogP contribution is -2.04. The van der Waals surface area contributed by atoms with Crippen LogP contribution in [-0.2, 0) is 0 Å². The van der Waals surface area contributed by atoms with Crippen LogP contribution in [0, 0.1) is 0 Å². The molecule has 1 aromatic heterocycles. The first-order valence-corrected chi connectivity index (χ1v) is 7.43. The van der Waals surface area contributed by atoms with E-state index < -0.39 is 0 Å². The Kier molecular flexibility index (Phi) is 3.50. The zero-order valence-electron chi connectivity index (χ0n) is 10.3. The average molecular weight is 305 g/mol. The van der Waals surface area contributed by atoms with Gasteiger partial charge in [0.05, 0.1) is 6.33 Å². The number of benzene rings is 1. The van der Waals surface area contributed by atoms with Gasteiger partial charge in [-0.1, -0.05) is 43.5 Å². The van der Waals surface area contributed by atoms with E-state index >= 15 is 0 Å². The molecule has 1 saturated carbocycles. The van der Waals surface area contributed by atoms with Crippen molar-refractivity contribution in [1.82, 2.24) is 9.97 Å². The van der Waals surface area contributed by atoms with Gasteiger partial charge in [0.25, 0.3) is 0 Å². The van der Waals surface area contributed by atoms with Crippen molar-refractivity contribution in [3.63, 3.8) is 0 Å². The highest BCUT2D eigenvalue weighted by Crippen LogP contribution is 2.34. The highest BCUT2D eigenvalue weighted by molar-refractivity contribution is 9.10. The third-order valence-corrected chi connectivity index (χ3v) is 4.46. The second kappa shape index (κ2) is 5.27. The number of nitrogens with one attached hydrogen (secondary N) is 1. The zero-order valence-corrected chi connectivity index (χ0v) is 11.9. The number of H-pyrrole nitrogens is 1. The summed E-state index contributed by atoms with van der Waals surface area (Å²) in [6, 6.07) is 8.91. The van der Waals surface area contributed by atoms with Crippen LogP contribution >= 0.6 is 15.9 Å². The summed E-state index contributed by atoms with van der Waals surface area (Å²) in [5, 5.41) is 0. The first-order valence-electron chi connectivity index (χ1n) is 6.64. The first-order chi connectivity index (χ1) is 8.84. The minimum absolute atomic E-state index is 0.774. The van der Waals surface area contributed by atoms with Crippen LogP contribution in [0.5, 0.6) is 0 Å². The topological polar surface area (TPSA) is 28.7 Å². The van der Waals surface area contributed by atoms with Gasteiger partial charge in [0, 0.05) is 5.56 Å². The Balaban J connectivity index is 1.82. The molecule has 94 valence electrons. The predicted molar refractivity (Wildman–Crippen MR) is 77.5 cm³/mol. The quantitative estimate of drug-likeness (QED) is 0.841. The van der Waals surface area contributed by atoms with E-state index in [1.54, 1.807) is 6.33 Å². The number of rotatable bonds is 2. The molecule has 2 nitrogen and oxygen atoms in total. The van der Waals surface area contributed by atoms with Crippen LogP contribution in [0.2, 0.25) is 0 Å². The fourth-order valence-electron chi connectivity index (χ4n) is 2.83. The summed E-state index contributed by atoms with van der Waals surface area (Å²) in [7, 11) is 0. The van der Waals surface area contributed by atoms with Gasteiger partial charge in [-0.05, 0) is 40.3 Å². The second-order valence-corrected chi connectivity index (χ2v) is 5.82. The van der Waals surface area contributed by atoms with Crippen molar-refractivity contribution in [2.45, 2.75) is 38.0 Å². The van der Waals surface area contributed by atoms with Gasteiger partial charge in [-0.25, -0.2) is 4.98 Å². The van der Waals surface area contributed by atoms with Crippen LogP contribution in [0.25, 0.3) is 11.3 Å². The van der Waals surface area contributed by atoms with Crippen LogP contribution in [0.3, 0.4) is 0 Å². The van der Waals surface area contributed by atoms with Crippen LogP contribution in [0.1, 0.15) is 43.6 Å². The Morgan fingerprint density at radius 3 is 2.39 bits per heavy atom. The maximum atomic E-state index is 4.33. The Hall–Kier alpha value is -1.09. The van der Waals surface area contributed by atoms with Crippen molar-refractivity contribution in [3.8, 4) is 11.3 Å². The van der Waals surface area contributed by atoms with Gasteiger partial charge in [-0.3, -0.25) is 0 Å². The maximum Gasteiger partial charge on any atom is 0.110 e. The molecule has 1 fully saturated rings. The highest BCUT2D eigenvalue weighted by atomic mass is 79.9. The zero-order chi connectivity index (χ0) is 12.4. The van der Waals surface area contributed by atoms with Crippen molar-refractivity contribution in [2.75, 3.05) is 0 Å². The molecule has 0 aliphatic heterocycles. The van der Waals surface area contributed by atoms with Crippen molar-refractivity contribution >= 4 is 15.9 Å². The lowest BCUT2D eigenvalue weighted by atomic mass is 9.84. The first kappa shape index (κ1) is 12.0. The number of hydrogen-bond acceptors (Lipinski definition) is 1. The number of imidazole rings is 1. The molecule has 0 radical (unpaired) electrons. The molecule has 0 unspecified atom stereocenters. The lowest BCUT2D eigenvalue weighted by molar-refractivity contribution is 0.443. The molecule has 1 N–H and O–H groups in total. The highest BCUT2D eigenvalue weighted by Gasteiger charge is 2.15. The normalized spacial score (nSPS) is 16.9. The van der Waals surface area contributed by atoms with Crippen LogP contribution < -0.4 is 0 Å². The SMILES string of the molecule is Brc1[nH]cnc1-c1ccc(C2CCCCC2)cc1. The molecule has 0 saturated heterocycles. The fraction of sp³-hybridized carbons (Fsp3) is 0.400. The summed E-state index contributed by atoms with van der Waals surface area (Å²) < 4.78 is 0.952. The third kappa shape index (κ3) is 2.37. The van der Waals surface area contributed by atoms with Gasteiger partial charge in [0.1, 0.15) is 10.3 Å². The minimum atomic E-state index is 0.774. The van der Waals surface area contributed by atoms with E-state index in [0.29, 0.717) is 0 Å². The molecular weight excluding hydrogens is 288 g/mol. The van der Waals surface area contributed by atoms with Gasteiger partial charge in [0.2, 0.25) is 0 Å². The van der Waals surface area contributed by atoms with Crippen LogP contribution in [0.4, 0.5) is 0 Å². The summed E-state index contributed by atoms with van der Waals surface area (Å²) in [5.41, 5.74) is 3.65. The predicted octanol–water partition coefficient (Wildman–Crippen LogP) is 4.89. The van der Waals surface area contributed by atoms with Crippen LogP contribution in [0.15, 0.2) is 35.2 Å². The van der Waals surface area contributed by atoms with Gasteiger partial charge >= 0.3 is 0 Å². The van der Waals surface area contributed by atoms with E-state index in [9.17, 15) is 0 Å². The lowest BCUT2D eigenvalue weighted by Gasteiger charge is -2.22. The Morgan fingerprint density at radius 2 is 1.78 bits per heavy atom. The summed E-state index contributed by atoms with van der Waals surface area (Å²) >= 11 is 3.48. The summed E-state index contributed by atoms with van der Waals surface area (Å²) in [6.45, 7) is 0. The van der Waals surface area contributed by atoms with Crippen LogP contribution in [-0.4, -0.2) is 9.97 Å². The van der Waals surface area contributed by atoms with Crippen molar-refractivity contribution in [1.29, 1.82) is 0 Å². The number of hydrogen-bond donors (Lipinski definition) is 1. The fourth-order valence-corrected chi connectivity index (χ4v) is 3.26. The van der Waals surface area contributed by atoms with E-state index in [2.05, 4.69) is 50.2 Å². The minimum Gasteiger partial charge on any atom is -0.339 e. The molecule has 1 aromatic carbocycles. The van der Waals surface area contributed by atoms with E-state index in [0.717, 1.165) is 16.2 Å². The molecule has 2 aromatic rings. The molecule has 0 bridgehead atoms. The molecule has 0 atom stereocenters. The number of aromatic amines is 1. The molecule has 1 heterocycles.